The van der Waals surface area contributed by atoms with Gasteiger partial charge in [-0.3, -0.25) is 14.0 Å². The molecule has 0 spiro atoms. The van der Waals surface area contributed by atoms with Gasteiger partial charge in [-0.2, -0.15) is 0 Å². The van der Waals surface area contributed by atoms with E-state index < -0.39 is 0 Å². The molecule has 7 heteroatoms. The maximum Gasteiger partial charge on any atom is 0.333 e. The van der Waals surface area contributed by atoms with Gasteiger partial charge >= 0.3 is 5.69 Å². The van der Waals surface area contributed by atoms with Gasteiger partial charge in [-0.1, -0.05) is 0 Å². The van der Waals surface area contributed by atoms with Crippen LogP contribution in [0.4, 0.5) is 0 Å². The number of imidazole rings is 1. The molecule has 3 fully saturated rings. The molecule has 168 valence electrons. The molecule has 0 unspecified atom stereocenters. The Morgan fingerprint density at radius 2 is 1.61 bits per heavy atom. The molecule has 3 heterocycles. The van der Waals surface area contributed by atoms with Gasteiger partial charge in [-0.15, -0.1) is 0 Å². The van der Waals surface area contributed by atoms with Crippen LogP contribution in [-0.4, -0.2) is 69.3 Å². The number of aromatic nitrogens is 3. The van der Waals surface area contributed by atoms with Crippen molar-refractivity contribution in [2.45, 2.75) is 69.6 Å². The summed E-state index contributed by atoms with van der Waals surface area (Å²) < 4.78 is 9.59. The zero-order chi connectivity index (χ0) is 21.2. The second-order valence-electron chi connectivity index (χ2n) is 9.54. The molecule has 5 rings (SSSR count). The summed E-state index contributed by atoms with van der Waals surface area (Å²) in [7, 11) is 2.21. The Morgan fingerprint density at radius 1 is 0.903 bits per heavy atom. The van der Waals surface area contributed by atoms with Gasteiger partial charge in [0.15, 0.2) is 0 Å². The van der Waals surface area contributed by atoms with Crippen LogP contribution in [-0.2, 0) is 0 Å². The SMILES string of the molecule is CN1CCN(C2CCC(n3ccn(-c4ccc(OC5CCCC5)nc4)c3=O)CC2)CC1. The smallest absolute Gasteiger partial charge is 0.333 e. The number of rotatable bonds is 5. The Bertz CT molecular complexity index is 899. The standard InChI is InChI=1S/C24H35N5O2/c1-26-12-14-27(15-13-26)19-6-8-20(9-7-19)28-16-17-29(24(28)30)21-10-11-23(25-18-21)31-22-4-2-3-5-22/h10-11,16-20,22H,2-9,12-15H2,1H3. The normalized spacial score (nSPS) is 26.4. The van der Waals surface area contributed by atoms with Crippen molar-refractivity contribution < 1.29 is 4.74 Å². The largest absolute Gasteiger partial charge is 0.474 e. The third-order valence-electron chi connectivity index (χ3n) is 7.51. The van der Waals surface area contributed by atoms with E-state index in [1.54, 1.807) is 10.8 Å². The number of likely N-dealkylation sites (N-methyl/N-ethyl adjacent to an activating group) is 1. The highest BCUT2D eigenvalue weighted by molar-refractivity contribution is 5.31. The van der Waals surface area contributed by atoms with Gasteiger partial charge in [0.2, 0.25) is 5.88 Å². The van der Waals surface area contributed by atoms with Crippen molar-refractivity contribution in [2.75, 3.05) is 33.2 Å². The third kappa shape index (κ3) is 4.58. The number of hydrogen-bond donors (Lipinski definition) is 0. The lowest BCUT2D eigenvalue weighted by atomic mass is 9.89. The van der Waals surface area contributed by atoms with Crippen molar-refractivity contribution in [3.05, 3.63) is 41.2 Å². The molecule has 0 radical (unpaired) electrons. The predicted octanol–water partition coefficient (Wildman–Crippen LogP) is 3.09. The van der Waals surface area contributed by atoms with Crippen molar-refractivity contribution in [1.82, 2.24) is 23.9 Å². The molecular formula is C24H35N5O2. The molecule has 3 aliphatic rings. The van der Waals surface area contributed by atoms with Gasteiger partial charge in [-0.05, 0) is 64.5 Å². The molecule has 2 aromatic heterocycles. The maximum atomic E-state index is 13.1. The van der Waals surface area contributed by atoms with E-state index in [1.165, 1.54) is 51.9 Å². The van der Waals surface area contributed by atoms with Crippen molar-refractivity contribution in [3.63, 3.8) is 0 Å². The number of nitrogens with zero attached hydrogens (tertiary/aromatic N) is 5. The highest BCUT2D eigenvalue weighted by atomic mass is 16.5. The second-order valence-corrected chi connectivity index (χ2v) is 9.54. The van der Waals surface area contributed by atoms with Crippen LogP contribution < -0.4 is 10.4 Å². The lowest BCUT2D eigenvalue weighted by Gasteiger charge is -2.41. The van der Waals surface area contributed by atoms with Crippen LogP contribution >= 0.6 is 0 Å². The lowest BCUT2D eigenvalue weighted by molar-refractivity contribution is 0.0820. The molecule has 2 saturated carbocycles. The molecule has 0 N–H and O–H groups in total. The molecule has 0 aromatic carbocycles. The fourth-order valence-electron chi connectivity index (χ4n) is 5.52. The first-order chi connectivity index (χ1) is 15.2. The van der Waals surface area contributed by atoms with Crippen molar-refractivity contribution in [3.8, 4) is 11.6 Å². The van der Waals surface area contributed by atoms with Crippen LogP contribution in [0.2, 0.25) is 0 Å². The van der Waals surface area contributed by atoms with Gasteiger partial charge in [0, 0.05) is 56.7 Å². The fourth-order valence-corrected chi connectivity index (χ4v) is 5.52. The minimum absolute atomic E-state index is 0.0364. The van der Waals surface area contributed by atoms with Crippen molar-refractivity contribution in [1.29, 1.82) is 0 Å². The van der Waals surface area contributed by atoms with E-state index in [0.717, 1.165) is 31.4 Å². The monoisotopic (exact) mass is 425 g/mol. The zero-order valence-corrected chi connectivity index (χ0v) is 18.7. The molecule has 0 atom stereocenters. The Hall–Kier alpha value is -2.12. The first-order valence-electron chi connectivity index (χ1n) is 12.0. The van der Waals surface area contributed by atoms with E-state index in [-0.39, 0.29) is 5.69 Å². The van der Waals surface area contributed by atoms with E-state index in [1.807, 2.05) is 29.1 Å². The first-order valence-corrected chi connectivity index (χ1v) is 12.0. The molecule has 31 heavy (non-hydrogen) atoms. The molecule has 7 nitrogen and oxygen atoms in total. The van der Waals surface area contributed by atoms with Gasteiger partial charge in [0.25, 0.3) is 0 Å². The summed E-state index contributed by atoms with van der Waals surface area (Å²) in [5.74, 6) is 0.658. The van der Waals surface area contributed by atoms with E-state index in [0.29, 0.717) is 24.1 Å². The predicted molar refractivity (Wildman–Crippen MR) is 121 cm³/mol. The van der Waals surface area contributed by atoms with Crippen LogP contribution in [0.1, 0.15) is 57.4 Å². The molecular weight excluding hydrogens is 390 g/mol. The van der Waals surface area contributed by atoms with E-state index in [9.17, 15) is 4.79 Å². The average molecular weight is 426 g/mol. The summed E-state index contributed by atoms with van der Waals surface area (Å²) in [6, 6.07) is 4.81. The molecule has 2 aromatic rings. The highest BCUT2D eigenvalue weighted by Crippen LogP contribution is 2.31. The Balaban J connectivity index is 1.21. The summed E-state index contributed by atoms with van der Waals surface area (Å²) in [5.41, 5.74) is 0.836. The van der Waals surface area contributed by atoms with E-state index >= 15 is 0 Å². The average Bonchev–Trinajstić information content (AvgIpc) is 3.45. The Labute approximate surface area is 184 Å². The van der Waals surface area contributed by atoms with Crippen LogP contribution in [0.5, 0.6) is 5.88 Å². The fraction of sp³-hybridized carbons (Fsp3) is 0.667. The minimum Gasteiger partial charge on any atom is -0.474 e. The third-order valence-corrected chi connectivity index (χ3v) is 7.51. The lowest BCUT2D eigenvalue weighted by Crippen LogP contribution is -2.50. The number of piperazine rings is 1. The van der Waals surface area contributed by atoms with Crippen LogP contribution in [0, 0.1) is 0 Å². The maximum absolute atomic E-state index is 13.1. The van der Waals surface area contributed by atoms with Gasteiger partial charge in [0.1, 0.15) is 6.10 Å². The molecule has 2 aliphatic carbocycles. The summed E-state index contributed by atoms with van der Waals surface area (Å²) in [6.45, 7) is 4.69. The molecule has 0 bridgehead atoms. The number of hydrogen-bond acceptors (Lipinski definition) is 5. The Morgan fingerprint density at radius 3 is 2.29 bits per heavy atom. The van der Waals surface area contributed by atoms with Crippen molar-refractivity contribution in [2.24, 2.45) is 0 Å². The van der Waals surface area contributed by atoms with Gasteiger partial charge in [0.05, 0.1) is 11.9 Å². The summed E-state index contributed by atoms with van der Waals surface area (Å²) in [6.07, 6.45) is 15.1. The van der Waals surface area contributed by atoms with Crippen molar-refractivity contribution >= 4 is 0 Å². The minimum atomic E-state index is 0.0364. The second kappa shape index (κ2) is 9.17. The van der Waals surface area contributed by atoms with Gasteiger partial charge in [-0.25, -0.2) is 9.78 Å². The van der Waals surface area contributed by atoms with E-state index in [2.05, 4.69) is 21.8 Å². The molecule has 0 amide bonds. The van der Waals surface area contributed by atoms with Gasteiger partial charge < -0.3 is 9.64 Å². The summed E-state index contributed by atoms with van der Waals surface area (Å²) >= 11 is 0. The van der Waals surface area contributed by atoms with Crippen LogP contribution in [0.15, 0.2) is 35.5 Å². The zero-order valence-electron chi connectivity index (χ0n) is 18.7. The molecule has 1 saturated heterocycles. The van der Waals surface area contributed by atoms with E-state index in [4.69, 9.17) is 4.74 Å². The summed E-state index contributed by atoms with van der Waals surface area (Å²) in [4.78, 5) is 22.6. The Kier molecular flexibility index (Phi) is 6.14. The topological polar surface area (TPSA) is 55.5 Å². The quantitative estimate of drug-likeness (QED) is 0.737. The van der Waals surface area contributed by atoms with Crippen LogP contribution in [0.25, 0.3) is 5.69 Å². The molecule has 1 aliphatic heterocycles. The first kappa shape index (κ1) is 20.8. The van der Waals surface area contributed by atoms with Crippen LogP contribution in [0.3, 0.4) is 0 Å². The number of ether oxygens (including phenoxy) is 1. The number of pyridine rings is 1. The highest BCUT2D eigenvalue weighted by Gasteiger charge is 2.29. The summed E-state index contributed by atoms with van der Waals surface area (Å²) in [5, 5.41) is 0.